The molecular formula is C34H45FN6O2. The molecule has 5 heterocycles. The number of nitrogens with zero attached hydrogens (tertiary/aromatic N) is 4. The fraction of sp³-hybridized carbons (Fsp3) is 0.441. The standard InChI is InChI=1S/C28H27FN6O2.3C2H6/c29-18-7-10-35-23(16-31-25(35)13-18)20-4-5-22(26-21(20)15-32-27(26)36)33-24-6-3-19(14-30-24)34-11-8-28(37,9-12-34)17-1-2-17;3*1-2/h3-7,10,13-14,16-17,37H,1-2,8-9,11-12,15H2,(H,30,33)(H,32,36);3*1-2H3. The van der Waals surface area contributed by atoms with Crippen molar-refractivity contribution in [2.75, 3.05) is 23.3 Å². The van der Waals surface area contributed by atoms with E-state index >= 15 is 0 Å². The van der Waals surface area contributed by atoms with Crippen molar-refractivity contribution < 1.29 is 14.3 Å². The molecule has 2 aliphatic heterocycles. The fourth-order valence-electron chi connectivity index (χ4n) is 5.81. The van der Waals surface area contributed by atoms with E-state index in [-0.39, 0.29) is 11.7 Å². The summed E-state index contributed by atoms with van der Waals surface area (Å²) in [6, 6.07) is 10.6. The van der Waals surface area contributed by atoms with Crippen LogP contribution in [0, 0.1) is 11.7 Å². The van der Waals surface area contributed by atoms with Crippen molar-refractivity contribution in [1.29, 1.82) is 0 Å². The topological polar surface area (TPSA) is 94.8 Å². The van der Waals surface area contributed by atoms with Crippen LogP contribution in [0.3, 0.4) is 0 Å². The normalized spacial score (nSPS) is 16.5. The quantitative estimate of drug-likeness (QED) is 0.226. The lowest BCUT2D eigenvalue weighted by Crippen LogP contribution is -2.45. The third-order valence-electron chi connectivity index (χ3n) is 8.06. The molecule has 230 valence electrons. The van der Waals surface area contributed by atoms with Crippen molar-refractivity contribution in [3.8, 4) is 11.3 Å². The summed E-state index contributed by atoms with van der Waals surface area (Å²) in [6.07, 6.45) is 9.10. The fourth-order valence-corrected chi connectivity index (χ4v) is 5.81. The van der Waals surface area contributed by atoms with Gasteiger partial charge < -0.3 is 20.6 Å². The molecule has 1 saturated heterocycles. The van der Waals surface area contributed by atoms with Crippen LogP contribution in [0.25, 0.3) is 16.9 Å². The number of piperidine rings is 1. The number of nitrogens with one attached hydrogen (secondary N) is 2. The van der Waals surface area contributed by atoms with E-state index < -0.39 is 5.60 Å². The van der Waals surface area contributed by atoms with Crippen LogP contribution in [0.2, 0.25) is 0 Å². The minimum Gasteiger partial charge on any atom is -0.389 e. The van der Waals surface area contributed by atoms with Gasteiger partial charge in [-0.15, -0.1) is 0 Å². The first-order valence-electron chi connectivity index (χ1n) is 15.8. The average Bonchev–Trinajstić information content (AvgIpc) is 3.75. The Morgan fingerprint density at radius 2 is 1.70 bits per heavy atom. The van der Waals surface area contributed by atoms with Gasteiger partial charge in [-0.2, -0.15) is 0 Å². The lowest BCUT2D eigenvalue weighted by Gasteiger charge is -2.39. The number of hydrogen-bond donors (Lipinski definition) is 3. The predicted octanol–water partition coefficient (Wildman–Crippen LogP) is 7.34. The van der Waals surface area contributed by atoms with E-state index in [4.69, 9.17) is 0 Å². The number of rotatable bonds is 5. The van der Waals surface area contributed by atoms with Gasteiger partial charge in [0.25, 0.3) is 5.91 Å². The van der Waals surface area contributed by atoms with Gasteiger partial charge in [0.1, 0.15) is 17.3 Å². The van der Waals surface area contributed by atoms with Gasteiger partial charge in [0, 0.05) is 37.5 Å². The molecule has 0 bridgehead atoms. The van der Waals surface area contributed by atoms with Gasteiger partial charge in [0.2, 0.25) is 0 Å². The molecule has 2 fully saturated rings. The number of aliphatic hydroxyl groups is 1. The Hall–Kier alpha value is -3.98. The van der Waals surface area contributed by atoms with E-state index in [1.165, 1.54) is 12.1 Å². The van der Waals surface area contributed by atoms with Crippen molar-refractivity contribution in [2.24, 2.45) is 5.92 Å². The maximum atomic E-state index is 13.6. The Morgan fingerprint density at radius 3 is 2.35 bits per heavy atom. The van der Waals surface area contributed by atoms with Crippen molar-refractivity contribution in [3.63, 3.8) is 0 Å². The Labute approximate surface area is 254 Å². The summed E-state index contributed by atoms with van der Waals surface area (Å²) in [5.41, 5.74) is 4.86. The highest BCUT2D eigenvalue weighted by Crippen LogP contribution is 2.45. The van der Waals surface area contributed by atoms with E-state index in [2.05, 4.69) is 25.5 Å². The predicted molar refractivity (Wildman–Crippen MR) is 172 cm³/mol. The van der Waals surface area contributed by atoms with Crippen molar-refractivity contribution in [3.05, 3.63) is 71.9 Å². The van der Waals surface area contributed by atoms with Crippen LogP contribution in [0.15, 0.2) is 55.0 Å². The van der Waals surface area contributed by atoms with Crippen LogP contribution in [0.1, 0.15) is 83.1 Å². The molecule has 3 aromatic heterocycles. The molecule has 43 heavy (non-hydrogen) atoms. The Morgan fingerprint density at radius 1 is 0.977 bits per heavy atom. The Bertz CT molecular complexity index is 1520. The van der Waals surface area contributed by atoms with Crippen LogP contribution in [-0.4, -0.2) is 44.1 Å². The first-order chi connectivity index (χ1) is 21.0. The van der Waals surface area contributed by atoms with Gasteiger partial charge >= 0.3 is 0 Å². The minimum absolute atomic E-state index is 0.146. The van der Waals surface area contributed by atoms with Crippen molar-refractivity contribution in [1.82, 2.24) is 19.7 Å². The summed E-state index contributed by atoms with van der Waals surface area (Å²) in [4.78, 5) is 24.0. The smallest absolute Gasteiger partial charge is 0.254 e. The maximum absolute atomic E-state index is 13.6. The lowest BCUT2D eigenvalue weighted by molar-refractivity contribution is -0.00532. The Balaban J connectivity index is 0.000000666. The van der Waals surface area contributed by atoms with Gasteiger partial charge in [0.05, 0.1) is 40.6 Å². The summed E-state index contributed by atoms with van der Waals surface area (Å²) in [6.45, 7) is 14.1. The van der Waals surface area contributed by atoms with Crippen LogP contribution in [-0.2, 0) is 6.54 Å². The molecule has 1 aliphatic carbocycles. The van der Waals surface area contributed by atoms with Gasteiger partial charge in [-0.1, -0.05) is 47.6 Å². The average molecular weight is 589 g/mol. The minimum atomic E-state index is -0.488. The van der Waals surface area contributed by atoms with Gasteiger partial charge in [0.15, 0.2) is 0 Å². The zero-order chi connectivity index (χ0) is 31.1. The Kier molecular flexibility index (Phi) is 10.4. The molecule has 0 atom stereocenters. The highest BCUT2D eigenvalue weighted by atomic mass is 19.1. The number of benzene rings is 1. The maximum Gasteiger partial charge on any atom is 0.254 e. The largest absolute Gasteiger partial charge is 0.389 e. The molecular weight excluding hydrogens is 543 g/mol. The monoisotopic (exact) mass is 588 g/mol. The first-order valence-corrected chi connectivity index (χ1v) is 15.8. The number of hydrogen-bond acceptors (Lipinski definition) is 6. The summed E-state index contributed by atoms with van der Waals surface area (Å²) in [5.74, 6) is 0.646. The molecule has 3 N–H and O–H groups in total. The second-order valence-corrected chi connectivity index (χ2v) is 10.3. The molecule has 7 rings (SSSR count). The highest BCUT2D eigenvalue weighted by Gasteiger charge is 2.45. The number of anilines is 3. The number of amides is 1. The number of imidazole rings is 1. The molecule has 0 spiro atoms. The van der Waals surface area contributed by atoms with Crippen molar-refractivity contribution >= 4 is 28.7 Å². The van der Waals surface area contributed by atoms with Crippen molar-refractivity contribution in [2.45, 2.75) is 79.4 Å². The second-order valence-electron chi connectivity index (χ2n) is 10.3. The lowest BCUT2D eigenvalue weighted by atomic mass is 9.86. The first kappa shape index (κ1) is 31.9. The van der Waals surface area contributed by atoms with E-state index in [1.807, 2.05) is 76.4 Å². The van der Waals surface area contributed by atoms with Crippen LogP contribution in [0.5, 0.6) is 0 Å². The second kappa shape index (κ2) is 14.0. The van der Waals surface area contributed by atoms with Crippen LogP contribution in [0.4, 0.5) is 21.6 Å². The SMILES string of the molecule is CC.CC.CC.O=C1NCc2c(-c3cnc4cc(F)ccn34)ccc(Nc3ccc(N4CCC(O)(C5CC5)CC4)cn3)c21. The summed E-state index contributed by atoms with van der Waals surface area (Å²) in [5, 5.41) is 17.1. The van der Waals surface area contributed by atoms with E-state index in [1.54, 1.807) is 12.4 Å². The van der Waals surface area contributed by atoms with E-state index in [9.17, 15) is 14.3 Å². The third kappa shape index (κ3) is 6.51. The summed E-state index contributed by atoms with van der Waals surface area (Å²) < 4.78 is 15.5. The zero-order valence-electron chi connectivity index (χ0n) is 26.2. The molecule has 1 saturated carbocycles. The summed E-state index contributed by atoms with van der Waals surface area (Å²) >= 11 is 0. The van der Waals surface area contributed by atoms with E-state index in [0.29, 0.717) is 35.2 Å². The number of aromatic nitrogens is 3. The molecule has 9 heteroatoms. The third-order valence-corrected chi connectivity index (χ3v) is 8.06. The number of halogens is 1. The molecule has 0 radical (unpaired) electrons. The highest BCUT2D eigenvalue weighted by molar-refractivity contribution is 6.06. The molecule has 1 amide bonds. The van der Waals surface area contributed by atoms with Gasteiger partial charge in [-0.3, -0.25) is 9.20 Å². The number of pyridine rings is 2. The van der Waals surface area contributed by atoms with Gasteiger partial charge in [-0.05, 0) is 61.4 Å². The molecule has 1 aromatic carbocycles. The molecule has 0 unspecified atom stereocenters. The van der Waals surface area contributed by atoms with Crippen LogP contribution < -0.4 is 15.5 Å². The molecule has 8 nitrogen and oxygen atoms in total. The number of carbonyl (C=O) groups is 1. The summed E-state index contributed by atoms with van der Waals surface area (Å²) in [7, 11) is 0. The number of fused-ring (bicyclic) bond motifs is 2. The molecule has 3 aliphatic rings. The zero-order valence-corrected chi connectivity index (χ0v) is 26.2. The number of carbonyl (C=O) groups excluding carboxylic acids is 1. The van der Waals surface area contributed by atoms with E-state index in [0.717, 1.165) is 61.3 Å². The van der Waals surface area contributed by atoms with Gasteiger partial charge in [-0.25, -0.2) is 14.4 Å². The molecule has 4 aromatic rings. The van der Waals surface area contributed by atoms with Crippen LogP contribution >= 0.6 is 0 Å².